The number of hydrogen-bond acceptors (Lipinski definition) is 6. The first kappa shape index (κ1) is 14.5. The minimum absolute atomic E-state index is 0.243. The van der Waals surface area contributed by atoms with Crippen LogP contribution in [-0.2, 0) is 11.3 Å². The Morgan fingerprint density at radius 3 is 2.77 bits per heavy atom. The summed E-state index contributed by atoms with van der Waals surface area (Å²) in [5.41, 5.74) is 1.02. The van der Waals surface area contributed by atoms with Gasteiger partial charge in [0.05, 0.1) is 19.0 Å². The van der Waals surface area contributed by atoms with Crippen molar-refractivity contribution in [3.8, 4) is 11.5 Å². The second kappa shape index (κ2) is 6.57. The lowest BCUT2D eigenvalue weighted by Gasteiger charge is -2.22. The number of halogens is 1. The summed E-state index contributed by atoms with van der Waals surface area (Å²) in [5, 5.41) is 0. The van der Waals surface area contributed by atoms with Gasteiger partial charge in [-0.25, -0.2) is 14.4 Å². The SMILES string of the molecule is COCCN(Cc1ccc2c(c1)OCO2)c1ncc(F)cn1. The summed E-state index contributed by atoms with van der Waals surface area (Å²) >= 11 is 0. The third kappa shape index (κ3) is 3.25. The minimum Gasteiger partial charge on any atom is -0.454 e. The Hall–Kier alpha value is -2.41. The zero-order valence-electron chi connectivity index (χ0n) is 12.2. The summed E-state index contributed by atoms with van der Waals surface area (Å²) in [5.74, 6) is 1.46. The number of anilines is 1. The molecule has 0 atom stereocenters. The molecule has 0 spiro atoms. The fourth-order valence-corrected chi connectivity index (χ4v) is 2.18. The molecule has 0 fully saturated rings. The van der Waals surface area contributed by atoms with Crippen molar-refractivity contribution in [3.63, 3.8) is 0 Å². The van der Waals surface area contributed by atoms with Crippen LogP contribution in [0.3, 0.4) is 0 Å². The summed E-state index contributed by atoms with van der Waals surface area (Å²) in [6.45, 7) is 1.92. The van der Waals surface area contributed by atoms with Crippen molar-refractivity contribution in [1.29, 1.82) is 0 Å². The smallest absolute Gasteiger partial charge is 0.231 e. The first-order valence-corrected chi connectivity index (χ1v) is 6.86. The van der Waals surface area contributed by atoms with Gasteiger partial charge in [-0.15, -0.1) is 0 Å². The molecule has 116 valence electrons. The van der Waals surface area contributed by atoms with Gasteiger partial charge in [-0.2, -0.15) is 0 Å². The van der Waals surface area contributed by atoms with Gasteiger partial charge in [0.1, 0.15) is 0 Å². The molecule has 1 aliphatic heterocycles. The van der Waals surface area contributed by atoms with Gasteiger partial charge in [-0.05, 0) is 17.7 Å². The van der Waals surface area contributed by atoms with Gasteiger partial charge < -0.3 is 19.1 Å². The van der Waals surface area contributed by atoms with E-state index >= 15 is 0 Å². The number of fused-ring (bicyclic) bond motifs is 1. The van der Waals surface area contributed by atoms with Gasteiger partial charge in [0.25, 0.3) is 0 Å². The fraction of sp³-hybridized carbons (Fsp3) is 0.333. The van der Waals surface area contributed by atoms with Gasteiger partial charge in [-0.1, -0.05) is 6.07 Å². The molecule has 0 bridgehead atoms. The highest BCUT2D eigenvalue weighted by Gasteiger charge is 2.16. The monoisotopic (exact) mass is 305 g/mol. The Kier molecular flexibility index (Phi) is 4.34. The van der Waals surface area contributed by atoms with Crippen LogP contribution in [-0.4, -0.2) is 37.0 Å². The van der Waals surface area contributed by atoms with E-state index in [0.717, 1.165) is 29.5 Å². The van der Waals surface area contributed by atoms with Crippen LogP contribution in [0.5, 0.6) is 11.5 Å². The van der Waals surface area contributed by atoms with Crippen LogP contribution in [0.25, 0.3) is 0 Å². The number of benzene rings is 1. The number of aromatic nitrogens is 2. The Labute approximate surface area is 127 Å². The molecule has 2 aromatic rings. The van der Waals surface area contributed by atoms with E-state index in [1.807, 2.05) is 23.1 Å². The van der Waals surface area contributed by atoms with E-state index in [9.17, 15) is 4.39 Å². The summed E-state index contributed by atoms with van der Waals surface area (Å²) in [7, 11) is 1.63. The van der Waals surface area contributed by atoms with Crippen LogP contribution in [0.1, 0.15) is 5.56 Å². The molecule has 0 saturated heterocycles. The number of ether oxygens (including phenoxy) is 3. The average Bonchev–Trinajstić information content (AvgIpc) is 3.00. The molecule has 7 heteroatoms. The molecule has 1 aliphatic rings. The van der Waals surface area contributed by atoms with E-state index in [4.69, 9.17) is 14.2 Å². The Morgan fingerprint density at radius 1 is 1.23 bits per heavy atom. The highest BCUT2D eigenvalue weighted by molar-refractivity contribution is 5.45. The summed E-state index contributed by atoms with van der Waals surface area (Å²) in [4.78, 5) is 9.97. The number of rotatable bonds is 6. The largest absolute Gasteiger partial charge is 0.454 e. The third-order valence-electron chi connectivity index (χ3n) is 3.27. The minimum atomic E-state index is -0.460. The summed E-state index contributed by atoms with van der Waals surface area (Å²) in [6.07, 6.45) is 2.31. The first-order valence-electron chi connectivity index (χ1n) is 6.86. The van der Waals surface area contributed by atoms with Crippen LogP contribution in [0.4, 0.5) is 10.3 Å². The van der Waals surface area contributed by atoms with Gasteiger partial charge in [0.15, 0.2) is 17.3 Å². The molecule has 2 heterocycles. The highest BCUT2D eigenvalue weighted by atomic mass is 19.1. The Balaban J connectivity index is 1.78. The summed E-state index contributed by atoms with van der Waals surface area (Å²) < 4.78 is 28.8. The standard InChI is InChI=1S/C15H16FN3O3/c1-20-5-4-19(15-17-7-12(16)8-18-15)9-11-2-3-13-14(6-11)22-10-21-13/h2-3,6-8H,4-5,9-10H2,1H3. The topological polar surface area (TPSA) is 56.7 Å². The predicted molar refractivity (Wildman–Crippen MR) is 77.5 cm³/mol. The van der Waals surface area contributed by atoms with Gasteiger partial charge in [-0.3, -0.25) is 0 Å². The lowest BCUT2D eigenvalue weighted by atomic mass is 10.2. The van der Waals surface area contributed by atoms with Crippen LogP contribution >= 0.6 is 0 Å². The van der Waals surface area contributed by atoms with Gasteiger partial charge in [0, 0.05) is 20.2 Å². The van der Waals surface area contributed by atoms with Crippen molar-refractivity contribution < 1.29 is 18.6 Å². The average molecular weight is 305 g/mol. The van der Waals surface area contributed by atoms with E-state index in [-0.39, 0.29) is 6.79 Å². The molecule has 3 rings (SSSR count). The van der Waals surface area contributed by atoms with E-state index < -0.39 is 5.82 Å². The lowest BCUT2D eigenvalue weighted by molar-refractivity contribution is 0.174. The number of nitrogens with zero attached hydrogens (tertiary/aromatic N) is 3. The summed E-state index contributed by atoms with van der Waals surface area (Å²) in [6, 6.07) is 5.75. The second-order valence-corrected chi connectivity index (χ2v) is 4.80. The van der Waals surface area contributed by atoms with Crippen molar-refractivity contribution in [2.75, 3.05) is 32.0 Å². The maximum atomic E-state index is 13.0. The van der Waals surface area contributed by atoms with Crippen LogP contribution in [0, 0.1) is 5.82 Å². The number of methoxy groups -OCH3 is 1. The molecule has 0 amide bonds. The maximum absolute atomic E-state index is 13.0. The normalized spacial score (nSPS) is 12.5. The van der Waals surface area contributed by atoms with Gasteiger partial charge >= 0.3 is 0 Å². The third-order valence-corrected chi connectivity index (χ3v) is 3.27. The van der Waals surface area contributed by atoms with Crippen LogP contribution in [0.15, 0.2) is 30.6 Å². The van der Waals surface area contributed by atoms with Crippen molar-refractivity contribution in [2.45, 2.75) is 6.54 Å². The molecule has 0 unspecified atom stereocenters. The van der Waals surface area contributed by atoms with Crippen molar-refractivity contribution in [3.05, 3.63) is 42.0 Å². The zero-order chi connectivity index (χ0) is 15.4. The lowest BCUT2D eigenvalue weighted by Crippen LogP contribution is -2.28. The Morgan fingerprint density at radius 2 is 2.00 bits per heavy atom. The second-order valence-electron chi connectivity index (χ2n) is 4.80. The predicted octanol–water partition coefficient (Wildman–Crippen LogP) is 2.00. The first-order chi connectivity index (χ1) is 10.8. The Bertz CT molecular complexity index is 636. The molecular formula is C15H16FN3O3. The van der Waals surface area contributed by atoms with Crippen molar-refractivity contribution in [2.24, 2.45) is 0 Å². The molecule has 6 nitrogen and oxygen atoms in total. The molecule has 0 saturated carbocycles. The van der Waals surface area contributed by atoms with E-state index in [1.54, 1.807) is 7.11 Å². The molecule has 0 radical (unpaired) electrons. The number of hydrogen-bond donors (Lipinski definition) is 0. The van der Waals surface area contributed by atoms with E-state index in [0.29, 0.717) is 25.6 Å². The molecular weight excluding hydrogens is 289 g/mol. The molecule has 1 aromatic carbocycles. The van der Waals surface area contributed by atoms with E-state index in [2.05, 4.69) is 9.97 Å². The molecule has 0 N–H and O–H groups in total. The highest BCUT2D eigenvalue weighted by Crippen LogP contribution is 2.33. The van der Waals surface area contributed by atoms with E-state index in [1.165, 1.54) is 0 Å². The fourth-order valence-electron chi connectivity index (χ4n) is 2.18. The molecule has 1 aromatic heterocycles. The van der Waals surface area contributed by atoms with Crippen LogP contribution < -0.4 is 14.4 Å². The van der Waals surface area contributed by atoms with Gasteiger partial charge in [0.2, 0.25) is 12.7 Å². The maximum Gasteiger partial charge on any atom is 0.231 e. The van der Waals surface area contributed by atoms with Crippen LogP contribution in [0.2, 0.25) is 0 Å². The zero-order valence-corrected chi connectivity index (χ0v) is 12.2. The van der Waals surface area contributed by atoms with Crippen molar-refractivity contribution in [1.82, 2.24) is 9.97 Å². The molecule has 0 aliphatic carbocycles. The van der Waals surface area contributed by atoms with Crippen molar-refractivity contribution >= 4 is 5.95 Å². The quantitative estimate of drug-likeness (QED) is 0.813. The molecule has 22 heavy (non-hydrogen) atoms.